The Labute approximate surface area is 142 Å². The molecule has 0 bridgehead atoms. The molecule has 20 heavy (non-hydrogen) atoms. The number of amides is 2. The third-order valence-corrected chi connectivity index (χ3v) is 4.61. The number of nitrogens with zero attached hydrogens (tertiary/aromatic N) is 1. The van der Waals surface area contributed by atoms with Crippen LogP contribution in [0.1, 0.15) is 13.8 Å². The van der Waals surface area contributed by atoms with Crippen LogP contribution in [-0.2, 0) is 4.79 Å². The number of carboxylic acid groups (broad SMARTS) is 1. The molecule has 0 saturated carbocycles. The smallest absolute Gasteiger partial charge is 0.329 e. The first-order valence-corrected chi connectivity index (χ1v) is 7.88. The fourth-order valence-corrected chi connectivity index (χ4v) is 3.71. The summed E-state index contributed by atoms with van der Waals surface area (Å²) in [5.41, 5.74) is -0.774. The van der Waals surface area contributed by atoms with Crippen molar-refractivity contribution in [3.8, 4) is 0 Å². The van der Waals surface area contributed by atoms with Gasteiger partial charge in [0.1, 0.15) is 5.54 Å². The van der Waals surface area contributed by atoms with E-state index in [1.165, 1.54) is 20.9 Å². The first-order chi connectivity index (χ1) is 9.07. The third kappa shape index (κ3) is 3.73. The Balaban J connectivity index is 3.00. The van der Waals surface area contributed by atoms with Crippen molar-refractivity contribution in [3.63, 3.8) is 0 Å². The van der Waals surface area contributed by atoms with Gasteiger partial charge in [0, 0.05) is 20.5 Å². The Morgan fingerprint density at radius 2 is 1.65 bits per heavy atom. The van der Waals surface area contributed by atoms with Crippen molar-refractivity contribution < 1.29 is 14.7 Å². The van der Waals surface area contributed by atoms with Crippen molar-refractivity contribution in [1.29, 1.82) is 0 Å². The second-order valence-corrected chi connectivity index (χ2v) is 7.22. The van der Waals surface area contributed by atoms with E-state index in [0.29, 0.717) is 14.6 Å². The van der Waals surface area contributed by atoms with Gasteiger partial charge in [0.05, 0.1) is 5.69 Å². The van der Waals surface area contributed by atoms with Crippen molar-refractivity contribution in [1.82, 2.24) is 4.90 Å². The van der Waals surface area contributed by atoms with E-state index in [4.69, 9.17) is 5.11 Å². The highest BCUT2D eigenvalue weighted by molar-refractivity contribution is 9.11. The molecule has 0 fully saturated rings. The number of carboxylic acids is 1. The molecule has 0 unspecified atom stereocenters. The number of aliphatic carboxylic acids is 1. The summed E-state index contributed by atoms with van der Waals surface area (Å²) < 4.78 is 2.19. The van der Waals surface area contributed by atoms with Gasteiger partial charge >= 0.3 is 12.0 Å². The molecule has 0 saturated heterocycles. The molecule has 0 aromatic heterocycles. The number of benzene rings is 1. The predicted octanol–water partition coefficient (Wildman–Crippen LogP) is 4.30. The molecule has 0 heterocycles. The van der Waals surface area contributed by atoms with Crippen LogP contribution >= 0.6 is 47.8 Å². The Hall–Kier alpha value is -0.600. The molecule has 0 aliphatic rings. The minimum Gasteiger partial charge on any atom is -0.480 e. The van der Waals surface area contributed by atoms with E-state index in [1.54, 1.807) is 12.1 Å². The van der Waals surface area contributed by atoms with Crippen LogP contribution in [-0.4, -0.2) is 34.6 Å². The lowest BCUT2D eigenvalue weighted by atomic mass is 10.1. The molecule has 1 aromatic rings. The number of urea groups is 1. The van der Waals surface area contributed by atoms with E-state index in [-0.39, 0.29) is 0 Å². The zero-order valence-electron chi connectivity index (χ0n) is 11.0. The number of nitrogens with one attached hydrogen (secondary N) is 1. The molecule has 0 spiro atoms. The fourth-order valence-electron chi connectivity index (χ4n) is 1.25. The monoisotopic (exact) mass is 470 g/mol. The molecule has 0 aliphatic heterocycles. The summed E-state index contributed by atoms with van der Waals surface area (Å²) in [7, 11) is 1.43. The third-order valence-electron chi connectivity index (χ3n) is 2.91. The largest absolute Gasteiger partial charge is 0.480 e. The summed E-state index contributed by atoms with van der Waals surface area (Å²) in [4.78, 5) is 24.4. The van der Waals surface area contributed by atoms with Gasteiger partial charge in [-0.2, -0.15) is 0 Å². The molecule has 0 atom stereocenters. The number of rotatable bonds is 3. The second-order valence-electron chi connectivity index (χ2n) is 4.60. The van der Waals surface area contributed by atoms with E-state index < -0.39 is 17.5 Å². The highest BCUT2D eigenvalue weighted by atomic mass is 79.9. The zero-order chi connectivity index (χ0) is 15.7. The van der Waals surface area contributed by atoms with Gasteiger partial charge in [-0.05, 0) is 57.8 Å². The van der Waals surface area contributed by atoms with Gasteiger partial charge in [0.2, 0.25) is 0 Å². The Morgan fingerprint density at radius 3 is 2.05 bits per heavy atom. The Kier molecular flexibility index (Phi) is 5.62. The van der Waals surface area contributed by atoms with Crippen molar-refractivity contribution in [3.05, 3.63) is 25.6 Å². The Bertz CT molecular complexity index is 538. The molecular formula is C12H13Br3N2O3. The SMILES string of the molecule is CN(C(=O)Nc1c(Br)cc(Br)cc1Br)C(C)(C)C(=O)O. The summed E-state index contributed by atoms with van der Waals surface area (Å²) in [6.45, 7) is 2.92. The number of carbonyl (C=O) groups is 2. The molecule has 0 radical (unpaired) electrons. The number of hydrogen-bond donors (Lipinski definition) is 2. The summed E-state index contributed by atoms with van der Waals surface area (Å²) in [6, 6.07) is 3.05. The van der Waals surface area contributed by atoms with E-state index in [9.17, 15) is 9.59 Å². The summed E-state index contributed by atoms with van der Waals surface area (Å²) in [5, 5.41) is 11.8. The molecule has 110 valence electrons. The number of carbonyl (C=O) groups excluding carboxylic acids is 1. The van der Waals surface area contributed by atoms with Crippen LogP contribution in [0.5, 0.6) is 0 Å². The normalized spacial score (nSPS) is 11.1. The average molecular weight is 473 g/mol. The lowest BCUT2D eigenvalue weighted by Gasteiger charge is -2.31. The van der Waals surface area contributed by atoms with Crippen molar-refractivity contribution in [2.24, 2.45) is 0 Å². The van der Waals surface area contributed by atoms with E-state index in [0.717, 1.165) is 9.37 Å². The van der Waals surface area contributed by atoms with Crippen molar-refractivity contribution in [2.45, 2.75) is 19.4 Å². The highest BCUT2D eigenvalue weighted by Gasteiger charge is 2.35. The topological polar surface area (TPSA) is 69.6 Å². The molecular weight excluding hydrogens is 460 g/mol. The minimum absolute atomic E-state index is 0.513. The second kappa shape index (κ2) is 6.44. The summed E-state index contributed by atoms with van der Waals surface area (Å²) in [5.74, 6) is -1.08. The fraction of sp³-hybridized carbons (Fsp3) is 0.333. The standard InChI is InChI=1S/C12H13Br3N2O3/c1-12(2,10(18)19)17(3)11(20)16-9-7(14)4-6(13)5-8(9)15/h4-5H,1-3H3,(H,16,20)(H,18,19). The molecule has 2 N–H and O–H groups in total. The van der Waals surface area contributed by atoms with Gasteiger partial charge in [0.15, 0.2) is 0 Å². The molecule has 0 aliphatic carbocycles. The predicted molar refractivity (Wildman–Crippen MR) is 88.0 cm³/mol. The number of hydrogen-bond acceptors (Lipinski definition) is 2. The average Bonchev–Trinajstić information content (AvgIpc) is 2.32. The van der Waals surface area contributed by atoms with Gasteiger partial charge < -0.3 is 15.3 Å². The van der Waals surface area contributed by atoms with Crippen LogP contribution in [0.4, 0.5) is 10.5 Å². The van der Waals surface area contributed by atoms with Crippen molar-refractivity contribution >= 4 is 65.5 Å². The maximum Gasteiger partial charge on any atom is 0.329 e. The van der Waals surface area contributed by atoms with Crippen LogP contribution in [0.2, 0.25) is 0 Å². The Morgan fingerprint density at radius 1 is 1.20 bits per heavy atom. The lowest BCUT2D eigenvalue weighted by Crippen LogP contribution is -2.52. The summed E-state index contributed by atoms with van der Waals surface area (Å²) in [6.07, 6.45) is 0. The first-order valence-electron chi connectivity index (χ1n) is 5.50. The van der Waals surface area contributed by atoms with Gasteiger partial charge in [-0.3, -0.25) is 0 Å². The van der Waals surface area contributed by atoms with Gasteiger partial charge in [-0.25, -0.2) is 9.59 Å². The molecule has 1 aromatic carbocycles. The van der Waals surface area contributed by atoms with E-state index in [1.807, 2.05) is 0 Å². The number of anilines is 1. The minimum atomic E-state index is -1.31. The zero-order valence-corrected chi connectivity index (χ0v) is 15.8. The van der Waals surface area contributed by atoms with Crippen LogP contribution in [0, 0.1) is 0 Å². The van der Waals surface area contributed by atoms with Crippen molar-refractivity contribution in [2.75, 3.05) is 12.4 Å². The van der Waals surface area contributed by atoms with E-state index >= 15 is 0 Å². The summed E-state index contributed by atoms with van der Waals surface area (Å²) >= 11 is 10.0. The molecule has 8 heteroatoms. The first kappa shape index (κ1) is 17.5. The lowest BCUT2D eigenvalue weighted by molar-refractivity contribution is -0.146. The van der Waals surface area contributed by atoms with Gasteiger partial charge in [-0.1, -0.05) is 15.9 Å². The van der Waals surface area contributed by atoms with Crippen LogP contribution in [0.25, 0.3) is 0 Å². The van der Waals surface area contributed by atoms with Crippen LogP contribution < -0.4 is 5.32 Å². The maximum atomic E-state index is 12.2. The van der Waals surface area contributed by atoms with Gasteiger partial charge in [-0.15, -0.1) is 0 Å². The number of halogens is 3. The van der Waals surface area contributed by atoms with Crippen LogP contribution in [0.15, 0.2) is 25.6 Å². The van der Waals surface area contributed by atoms with Gasteiger partial charge in [0.25, 0.3) is 0 Å². The highest BCUT2D eigenvalue weighted by Crippen LogP contribution is 2.34. The molecule has 2 amide bonds. The quantitative estimate of drug-likeness (QED) is 0.689. The van der Waals surface area contributed by atoms with E-state index in [2.05, 4.69) is 53.1 Å². The molecule has 5 nitrogen and oxygen atoms in total. The number of likely N-dealkylation sites (N-methyl/N-ethyl adjacent to an activating group) is 1. The maximum absolute atomic E-state index is 12.2. The van der Waals surface area contributed by atoms with Crippen LogP contribution in [0.3, 0.4) is 0 Å². The molecule has 1 rings (SSSR count).